The van der Waals surface area contributed by atoms with Gasteiger partial charge in [-0.15, -0.1) is 0 Å². The van der Waals surface area contributed by atoms with Crippen molar-refractivity contribution in [2.75, 3.05) is 19.7 Å². The highest BCUT2D eigenvalue weighted by Gasteiger charge is 2.35. The van der Waals surface area contributed by atoms with Crippen LogP contribution in [0.5, 0.6) is 5.75 Å². The van der Waals surface area contributed by atoms with Crippen molar-refractivity contribution >= 4 is 15.9 Å². The first-order valence-corrected chi connectivity index (χ1v) is 8.24. The predicted octanol–water partition coefficient (Wildman–Crippen LogP) is 4.09. The summed E-state index contributed by atoms with van der Waals surface area (Å²) in [5.74, 6) is 1.94. The molecule has 0 N–H and O–H groups in total. The van der Waals surface area contributed by atoms with Crippen LogP contribution in [-0.4, -0.2) is 30.6 Å². The summed E-state index contributed by atoms with van der Waals surface area (Å²) < 4.78 is 6.94. The van der Waals surface area contributed by atoms with E-state index in [1.807, 2.05) is 24.3 Å². The van der Waals surface area contributed by atoms with Crippen LogP contribution in [0.15, 0.2) is 28.7 Å². The normalized spacial score (nSPS) is 27.2. The van der Waals surface area contributed by atoms with Crippen molar-refractivity contribution in [3.05, 3.63) is 28.7 Å². The van der Waals surface area contributed by atoms with Crippen LogP contribution in [0, 0.1) is 5.92 Å². The minimum atomic E-state index is 0.805. The van der Waals surface area contributed by atoms with Crippen molar-refractivity contribution in [2.45, 2.75) is 38.1 Å². The summed E-state index contributed by atoms with van der Waals surface area (Å²) >= 11 is 3.48. The van der Waals surface area contributed by atoms with Crippen molar-refractivity contribution in [1.29, 1.82) is 0 Å². The fourth-order valence-electron chi connectivity index (χ4n) is 3.62. The van der Waals surface area contributed by atoms with Gasteiger partial charge in [-0.1, -0.05) is 34.8 Å². The van der Waals surface area contributed by atoms with Gasteiger partial charge in [0.25, 0.3) is 0 Å². The predicted molar refractivity (Wildman–Crippen MR) is 81.6 cm³/mol. The van der Waals surface area contributed by atoms with Gasteiger partial charge in [0.2, 0.25) is 0 Å². The van der Waals surface area contributed by atoms with Gasteiger partial charge in [0, 0.05) is 17.1 Å². The fraction of sp³-hybridized carbons (Fsp3) is 0.625. The highest BCUT2D eigenvalue weighted by molar-refractivity contribution is 9.10. The SMILES string of the molecule is Brc1cccc(OCCN2CCC3CCCCC32)c1. The molecule has 1 aliphatic heterocycles. The van der Waals surface area contributed by atoms with Gasteiger partial charge < -0.3 is 4.74 Å². The van der Waals surface area contributed by atoms with E-state index in [0.717, 1.165) is 35.3 Å². The first-order chi connectivity index (χ1) is 9.33. The lowest BCUT2D eigenvalue weighted by Crippen LogP contribution is -2.37. The molecule has 0 spiro atoms. The standard InChI is InChI=1S/C16H22BrNO/c17-14-5-3-6-15(12-14)19-11-10-18-9-8-13-4-1-2-7-16(13)18/h3,5-6,12-13,16H,1-2,4,7-11H2. The molecule has 1 saturated heterocycles. The molecule has 0 bridgehead atoms. The van der Waals surface area contributed by atoms with Crippen LogP contribution in [0.25, 0.3) is 0 Å². The molecular weight excluding hydrogens is 302 g/mol. The van der Waals surface area contributed by atoms with Gasteiger partial charge >= 0.3 is 0 Å². The Morgan fingerprint density at radius 1 is 1.21 bits per heavy atom. The molecular formula is C16H22BrNO. The largest absolute Gasteiger partial charge is 0.492 e. The number of nitrogens with zero attached hydrogens (tertiary/aromatic N) is 1. The molecule has 0 radical (unpaired) electrons. The summed E-state index contributed by atoms with van der Waals surface area (Å²) in [6, 6.07) is 8.96. The fourth-order valence-corrected chi connectivity index (χ4v) is 4.00. The van der Waals surface area contributed by atoms with E-state index in [0.29, 0.717) is 0 Å². The Morgan fingerprint density at radius 3 is 3.00 bits per heavy atom. The Balaban J connectivity index is 1.47. The number of likely N-dealkylation sites (tertiary alicyclic amines) is 1. The molecule has 1 heterocycles. The number of hydrogen-bond acceptors (Lipinski definition) is 2. The topological polar surface area (TPSA) is 12.5 Å². The third-order valence-corrected chi connectivity index (χ3v) is 5.06. The van der Waals surface area contributed by atoms with Crippen LogP contribution < -0.4 is 4.74 Å². The summed E-state index contributed by atoms with van der Waals surface area (Å²) in [5, 5.41) is 0. The number of rotatable bonds is 4. The zero-order valence-corrected chi connectivity index (χ0v) is 12.9. The summed E-state index contributed by atoms with van der Waals surface area (Å²) in [7, 11) is 0. The van der Waals surface area contributed by atoms with E-state index in [1.54, 1.807) is 0 Å². The van der Waals surface area contributed by atoms with Crippen LogP contribution in [0.2, 0.25) is 0 Å². The maximum atomic E-state index is 5.86. The van der Waals surface area contributed by atoms with E-state index >= 15 is 0 Å². The molecule has 2 fully saturated rings. The van der Waals surface area contributed by atoms with Crippen molar-refractivity contribution in [2.24, 2.45) is 5.92 Å². The summed E-state index contributed by atoms with van der Waals surface area (Å²) in [5.41, 5.74) is 0. The average Bonchev–Trinajstić information content (AvgIpc) is 2.83. The number of benzene rings is 1. The first kappa shape index (κ1) is 13.4. The molecule has 1 saturated carbocycles. The summed E-state index contributed by atoms with van der Waals surface area (Å²) in [6.07, 6.45) is 7.13. The summed E-state index contributed by atoms with van der Waals surface area (Å²) in [4.78, 5) is 2.65. The van der Waals surface area contributed by atoms with E-state index in [1.165, 1.54) is 38.6 Å². The average molecular weight is 324 g/mol. The second-order valence-electron chi connectivity index (χ2n) is 5.74. The lowest BCUT2D eigenvalue weighted by molar-refractivity contribution is 0.154. The molecule has 2 aliphatic rings. The maximum Gasteiger partial charge on any atom is 0.120 e. The second kappa shape index (κ2) is 6.27. The smallest absolute Gasteiger partial charge is 0.120 e. The van der Waals surface area contributed by atoms with E-state index in [2.05, 4.69) is 20.8 Å². The van der Waals surface area contributed by atoms with Gasteiger partial charge in [-0.25, -0.2) is 0 Å². The molecule has 1 aromatic rings. The van der Waals surface area contributed by atoms with Crippen LogP contribution in [0.4, 0.5) is 0 Å². The quantitative estimate of drug-likeness (QED) is 0.827. The number of halogens is 1. The molecule has 104 valence electrons. The third kappa shape index (κ3) is 3.32. The minimum absolute atomic E-state index is 0.805. The molecule has 1 aliphatic carbocycles. The third-order valence-electron chi connectivity index (χ3n) is 4.57. The summed E-state index contributed by atoms with van der Waals surface area (Å²) in [6.45, 7) is 3.16. The van der Waals surface area contributed by atoms with Gasteiger partial charge in [-0.2, -0.15) is 0 Å². The highest BCUT2D eigenvalue weighted by Crippen LogP contribution is 2.35. The second-order valence-corrected chi connectivity index (χ2v) is 6.66. The van der Waals surface area contributed by atoms with E-state index in [-0.39, 0.29) is 0 Å². The molecule has 0 aromatic heterocycles. The Kier molecular flexibility index (Phi) is 4.44. The van der Waals surface area contributed by atoms with Crippen LogP contribution in [0.3, 0.4) is 0 Å². The van der Waals surface area contributed by atoms with E-state index in [4.69, 9.17) is 4.74 Å². The van der Waals surface area contributed by atoms with Gasteiger partial charge in [-0.3, -0.25) is 4.90 Å². The number of fused-ring (bicyclic) bond motifs is 1. The molecule has 2 nitrogen and oxygen atoms in total. The molecule has 19 heavy (non-hydrogen) atoms. The van der Waals surface area contributed by atoms with Gasteiger partial charge in [-0.05, 0) is 49.9 Å². The van der Waals surface area contributed by atoms with Crippen molar-refractivity contribution in [3.8, 4) is 5.75 Å². The van der Waals surface area contributed by atoms with Crippen LogP contribution in [0.1, 0.15) is 32.1 Å². The zero-order chi connectivity index (χ0) is 13.1. The molecule has 0 amide bonds. The van der Waals surface area contributed by atoms with Crippen molar-refractivity contribution in [3.63, 3.8) is 0 Å². The Hall–Kier alpha value is -0.540. The Labute approximate surface area is 124 Å². The minimum Gasteiger partial charge on any atom is -0.492 e. The number of ether oxygens (including phenoxy) is 1. The van der Waals surface area contributed by atoms with Crippen molar-refractivity contribution < 1.29 is 4.74 Å². The van der Waals surface area contributed by atoms with E-state index in [9.17, 15) is 0 Å². The molecule has 2 unspecified atom stereocenters. The molecule has 3 rings (SSSR count). The van der Waals surface area contributed by atoms with Crippen LogP contribution in [-0.2, 0) is 0 Å². The van der Waals surface area contributed by atoms with Gasteiger partial charge in [0.05, 0.1) is 0 Å². The molecule has 3 heteroatoms. The molecule has 1 aromatic carbocycles. The number of hydrogen-bond donors (Lipinski definition) is 0. The monoisotopic (exact) mass is 323 g/mol. The lowest BCUT2D eigenvalue weighted by atomic mass is 9.85. The highest BCUT2D eigenvalue weighted by atomic mass is 79.9. The molecule has 2 atom stereocenters. The van der Waals surface area contributed by atoms with Gasteiger partial charge in [0.15, 0.2) is 0 Å². The Bertz CT molecular complexity index is 423. The zero-order valence-electron chi connectivity index (χ0n) is 11.4. The lowest BCUT2D eigenvalue weighted by Gasteiger charge is -2.31. The van der Waals surface area contributed by atoms with E-state index < -0.39 is 0 Å². The first-order valence-electron chi connectivity index (χ1n) is 7.45. The van der Waals surface area contributed by atoms with Crippen molar-refractivity contribution in [1.82, 2.24) is 4.90 Å². The maximum absolute atomic E-state index is 5.86. The van der Waals surface area contributed by atoms with Gasteiger partial charge in [0.1, 0.15) is 12.4 Å². The van der Waals surface area contributed by atoms with Crippen LogP contribution >= 0.6 is 15.9 Å². The Morgan fingerprint density at radius 2 is 2.11 bits per heavy atom.